The van der Waals surface area contributed by atoms with Gasteiger partial charge in [-0.25, -0.2) is 4.98 Å². The maximum Gasteiger partial charge on any atom is 0.317 e. The van der Waals surface area contributed by atoms with E-state index in [0.29, 0.717) is 31.7 Å². The summed E-state index contributed by atoms with van der Waals surface area (Å²) in [6.07, 6.45) is 8.39. The molecule has 1 saturated heterocycles. The normalized spacial score (nSPS) is 15.5. The van der Waals surface area contributed by atoms with Crippen LogP contribution in [-0.2, 0) is 16.6 Å². The van der Waals surface area contributed by atoms with Gasteiger partial charge in [-0.15, -0.1) is 0 Å². The zero-order chi connectivity index (χ0) is 20.4. The number of fused-ring (bicyclic) bond motifs is 1. The van der Waals surface area contributed by atoms with Crippen molar-refractivity contribution in [1.82, 2.24) is 24.6 Å². The molecule has 9 nitrogen and oxygen atoms in total. The third-order valence-electron chi connectivity index (χ3n) is 5.17. The van der Waals surface area contributed by atoms with Crippen LogP contribution in [0.2, 0.25) is 0 Å². The molecule has 0 spiro atoms. The van der Waals surface area contributed by atoms with Gasteiger partial charge < -0.3 is 10.4 Å². The van der Waals surface area contributed by atoms with E-state index < -0.39 is 5.97 Å². The molecule has 1 amide bonds. The van der Waals surface area contributed by atoms with Gasteiger partial charge in [-0.1, -0.05) is 0 Å². The fourth-order valence-corrected chi connectivity index (χ4v) is 3.59. The average molecular weight is 394 g/mol. The van der Waals surface area contributed by atoms with Gasteiger partial charge in [0.05, 0.1) is 18.4 Å². The van der Waals surface area contributed by atoms with E-state index in [1.807, 2.05) is 30.3 Å². The summed E-state index contributed by atoms with van der Waals surface area (Å²) in [4.78, 5) is 34.1. The molecule has 1 aliphatic rings. The lowest BCUT2D eigenvalue weighted by Gasteiger charge is -2.29. The molecular formula is C20H22N6O3. The Morgan fingerprint density at radius 3 is 2.59 bits per heavy atom. The van der Waals surface area contributed by atoms with Crippen LogP contribution in [0, 0.1) is 5.92 Å². The van der Waals surface area contributed by atoms with Gasteiger partial charge in [0.15, 0.2) is 0 Å². The van der Waals surface area contributed by atoms with Crippen molar-refractivity contribution < 1.29 is 14.7 Å². The predicted octanol–water partition coefficient (Wildman–Crippen LogP) is 1.77. The van der Waals surface area contributed by atoms with Gasteiger partial charge in [0.25, 0.3) is 0 Å². The number of aromatic nitrogens is 4. The largest absolute Gasteiger partial charge is 0.480 e. The smallest absolute Gasteiger partial charge is 0.317 e. The summed E-state index contributed by atoms with van der Waals surface area (Å²) in [6, 6.07) is 3.79. The first-order valence-corrected chi connectivity index (χ1v) is 9.48. The number of carboxylic acid groups (broad SMARTS) is 1. The third kappa shape index (κ3) is 4.40. The van der Waals surface area contributed by atoms with E-state index in [9.17, 15) is 9.59 Å². The molecule has 4 rings (SSSR count). The maximum absolute atomic E-state index is 12.6. The molecule has 0 radical (unpaired) electrons. The van der Waals surface area contributed by atoms with Gasteiger partial charge in [0, 0.05) is 42.5 Å². The van der Waals surface area contributed by atoms with Crippen LogP contribution in [0.1, 0.15) is 12.8 Å². The van der Waals surface area contributed by atoms with Gasteiger partial charge in [-0.05, 0) is 43.5 Å². The van der Waals surface area contributed by atoms with Crippen LogP contribution in [0.25, 0.3) is 22.0 Å². The Kier molecular flexibility index (Phi) is 5.22. The third-order valence-corrected chi connectivity index (χ3v) is 5.17. The molecule has 0 aliphatic carbocycles. The van der Waals surface area contributed by atoms with E-state index in [4.69, 9.17) is 5.11 Å². The van der Waals surface area contributed by atoms with Gasteiger partial charge in [-0.3, -0.25) is 24.2 Å². The summed E-state index contributed by atoms with van der Waals surface area (Å²) < 4.78 is 1.72. The number of carbonyl (C=O) groups excluding carboxylic acids is 1. The Morgan fingerprint density at radius 1 is 1.14 bits per heavy atom. The molecule has 3 aromatic rings. The molecule has 0 unspecified atom stereocenters. The summed E-state index contributed by atoms with van der Waals surface area (Å²) >= 11 is 0. The molecule has 9 heteroatoms. The van der Waals surface area contributed by atoms with Crippen molar-refractivity contribution in [2.45, 2.75) is 12.8 Å². The lowest BCUT2D eigenvalue weighted by atomic mass is 9.96. The lowest BCUT2D eigenvalue weighted by molar-refractivity contribution is -0.138. The van der Waals surface area contributed by atoms with Crippen LogP contribution < -0.4 is 5.32 Å². The molecular weight excluding hydrogens is 372 g/mol. The number of hydrogen-bond donors (Lipinski definition) is 2. The molecule has 0 saturated carbocycles. The first-order valence-electron chi connectivity index (χ1n) is 9.48. The standard InChI is InChI=1S/C20H22N6O3/c1-25-11-16(10-23-25)17-6-14-7-18(22-9-15(14)8-21-17)24-20(29)13-2-4-26(5-3-13)12-19(27)28/h6-11,13H,2-5,12H2,1H3,(H,27,28)(H,22,24,29). The van der Waals surface area contributed by atoms with E-state index in [2.05, 4.69) is 20.4 Å². The zero-order valence-corrected chi connectivity index (χ0v) is 16.1. The fraction of sp³-hybridized carbons (Fsp3) is 0.350. The highest BCUT2D eigenvalue weighted by Gasteiger charge is 2.26. The van der Waals surface area contributed by atoms with Gasteiger partial charge in [0.2, 0.25) is 5.91 Å². The van der Waals surface area contributed by atoms with E-state index >= 15 is 0 Å². The number of piperidine rings is 1. The molecule has 4 heterocycles. The average Bonchev–Trinajstić information content (AvgIpc) is 3.14. The SMILES string of the molecule is Cn1cc(-c2cc3cc(NC(=O)C4CCN(CC(=O)O)CC4)ncc3cn2)cn1. The topological polar surface area (TPSA) is 113 Å². The number of rotatable bonds is 5. The second-order valence-corrected chi connectivity index (χ2v) is 7.32. The summed E-state index contributed by atoms with van der Waals surface area (Å²) in [5, 5.41) is 17.8. The van der Waals surface area contributed by atoms with Crippen LogP contribution >= 0.6 is 0 Å². The number of nitrogens with zero attached hydrogens (tertiary/aromatic N) is 5. The number of anilines is 1. The zero-order valence-electron chi connectivity index (χ0n) is 16.1. The highest BCUT2D eigenvalue weighted by molar-refractivity contribution is 5.94. The molecule has 150 valence electrons. The minimum absolute atomic E-state index is 0.0217. The van der Waals surface area contributed by atoms with Crippen molar-refractivity contribution >= 4 is 28.5 Å². The number of amides is 1. The molecule has 0 aromatic carbocycles. The van der Waals surface area contributed by atoms with E-state index in [1.54, 1.807) is 23.3 Å². The number of hydrogen-bond acceptors (Lipinski definition) is 6. The second kappa shape index (κ2) is 7.96. The molecule has 29 heavy (non-hydrogen) atoms. The number of aliphatic carboxylic acids is 1. The van der Waals surface area contributed by atoms with Gasteiger partial charge >= 0.3 is 5.97 Å². The minimum atomic E-state index is -0.839. The molecule has 0 atom stereocenters. The van der Waals surface area contributed by atoms with Crippen molar-refractivity contribution in [1.29, 1.82) is 0 Å². The Morgan fingerprint density at radius 2 is 1.90 bits per heavy atom. The lowest BCUT2D eigenvalue weighted by Crippen LogP contribution is -2.40. The first-order chi connectivity index (χ1) is 14.0. The second-order valence-electron chi connectivity index (χ2n) is 7.32. The van der Waals surface area contributed by atoms with Crippen LogP contribution in [0.15, 0.2) is 36.9 Å². The fourth-order valence-electron chi connectivity index (χ4n) is 3.59. The van der Waals surface area contributed by atoms with Gasteiger partial charge in [0.1, 0.15) is 5.82 Å². The molecule has 1 aliphatic heterocycles. The van der Waals surface area contributed by atoms with Crippen LogP contribution in [0.4, 0.5) is 5.82 Å². The monoisotopic (exact) mass is 394 g/mol. The van der Waals surface area contributed by atoms with Gasteiger partial charge in [-0.2, -0.15) is 5.10 Å². The van der Waals surface area contributed by atoms with E-state index in [1.165, 1.54) is 0 Å². The predicted molar refractivity (Wildman–Crippen MR) is 107 cm³/mol. The Hall–Kier alpha value is -3.33. The molecule has 3 aromatic heterocycles. The summed E-state index contributed by atoms with van der Waals surface area (Å²) in [5.41, 5.74) is 1.73. The Bertz CT molecular complexity index is 1060. The molecule has 2 N–H and O–H groups in total. The number of nitrogens with one attached hydrogen (secondary N) is 1. The minimum Gasteiger partial charge on any atom is -0.480 e. The first kappa shape index (κ1) is 19.0. The summed E-state index contributed by atoms with van der Waals surface area (Å²) in [7, 11) is 1.86. The summed E-state index contributed by atoms with van der Waals surface area (Å²) in [6.45, 7) is 1.24. The number of carbonyl (C=O) groups is 2. The Balaban J connectivity index is 1.45. The van der Waals surface area contributed by atoms with Crippen LogP contribution in [-0.4, -0.2) is 61.3 Å². The van der Waals surface area contributed by atoms with E-state index in [0.717, 1.165) is 22.0 Å². The van der Waals surface area contributed by atoms with Crippen molar-refractivity contribution in [3.05, 3.63) is 36.9 Å². The highest BCUT2D eigenvalue weighted by Crippen LogP contribution is 2.24. The quantitative estimate of drug-likeness (QED) is 0.678. The van der Waals surface area contributed by atoms with Crippen LogP contribution in [0.3, 0.4) is 0 Å². The number of carboxylic acids is 1. The van der Waals surface area contributed by atoms with Crippen molar-refractivity contribution in [3.8, 4) is 11.3 Å². The highest BCUT2D eigenvalue weighted by atomic mass is 16.4. The number of likely N-dealkylation sites (tertiary alicyclic amines) is 1. The summed E-state index contributed by atoms with van der Waals surface area (Å²) in [5.74, 6) is -0.554. The molecule has 1 fully saturated rings. The van der Waals surface area contributed by atoms with Crippen molar-refractivity contribution in [3.63, 3.8) is 0 Å². The van der Waals surface area contributed by atoms with Crippen molar-refractivity contribution in [2.24, 2.45) is 13.0 Å². The Labute approximate surface area is 167 Å². The maximum atomic E-state index is 12.6. The molecule has 0 bridgehead atoms. The number of pyridine rings is 2. The van der Waals surface area contributed by atoms with E-state index in [-0.39, 0.29) is 18.4 Å². The number of aryl methyl sites for hydroxylation is 1. The van der Waals surface area contributed by atoms with Crippen LogP contribution in [0.5, 0.6) is 0 Å². The van der Waals surface area contributed by atoms with Crippen molar-refractivity contribution in [2.75, 3.05) is 25.0 Å².